The van der Waals surface area contributed by atoms with Crippen LogP contribution in [0.25, 0.3) is 11.0 Å². The van der Waals surface area contributed by atoms with Crippen molar-refractivity contribution in [1.29, 1.82) is 0 Å². The highest BCUT2D eigenvalue weighted by Gasteiger charge is 2.27. The van der Waals surface area contributed by atoms with Gasteiger partial charge in [0, 0.05) is 38.2 Å². The molecule has 2 aromatic carbocycles. The van der Waals surface area contributed by atoms with Gasteiger partial charge >= 0.3 is 0 Å². The number of rotatable bonds is 7. The Morgan fingerprint density at radius 3 is 2.56 bits per heavy atom. The third kappa shape index (κ3) is 4.67. The van der Waals surface area contributed by atoms with Gasteiger partial charge in [0.25, 0.3) is 0 Å². The lowest BCUT2D eigenvalue weighted by atomic mass is 10.2. The minimum atomic E-state index is -3.61. The Balaban J connectivity index is 1.52. The number of carbonyl (C=O) groups is 1. The second kappa shape index (κ2) is 9.35. The van der Waals surface area contributed by atoms with Gasteiger partial charge < -0.3 is 14.6 Å². The minimum absolute atomic E-state index is 0.194. The molecule has 8 nitrogen and oxygen atoms in total. The highest BCUT2D eigenvalue weighted by molar-refractivity contribution is 7.89. The van der Waals surface area contributed by atoms with E-state index in [0.717, 1.165) is 5.52 Å². The zero-order valence-corrected chi connectivity index (χ0v) is 18.6. The Labute approximate surface area is 186 Å². The Bertz CT molecular complexity index is 1220. The van der Waals surface area contributed by atoms with Gasteiger partial charge in [0.1, 0.15) is 11.6 Å². The maximum absolute atomic E-state index is 13.0. The lowest BCUT2D eigenvalue weighted by Gasteiger charge is -2.26. The van der Waals surface area contributed by atoms with E-state index >= 15 is 0 Å². The van der Waals surface area contributed by atoms with E-state index in [1.54, 1.807) is 18.2 Å². The Morgan fingerprint density at radius 1 is 1.16 bits per heavy atom. The molecule has 3 aromatic rings. The van der Waals surface area contributed by atoms with Crippen LogP contribution in [0.5, 0.6) is 0 Å². The molecule has 1 fully saturated rings. The zero-order valence-electron chi connectivity index (χ0n) is 17.8. The highest BCUT2D eigenvalue weighted by atomic mass is 32.2. The van der Waals surface area contributed by atoms with Crippen LogP contribution < -0.4 is 5.32 Å². The topological polar surface area (TPSA) is 93.5 Å². The van der Waals surface area contributed by atoms with Crippen LogP contribution in [-0.2, 0) is 32.5 Å². The molecule has 0 unspecified atom stereocenters. The average Bonchev–Trinajstić information content (AvgIpc) is 3.16. The summed E-state index contributed by atoms with van der Waals surface area (Å²) in [4.78, 5) is 17.1. The fourth-order valence-electron chi connectivity index (χ4n) is 3.78. The van der Waals surface area contributed by atoms with Crippen LogP contribution in [0.2, 0.25) is 0 Å². The van der Waals surface area contributed by atoms with Gasteiger partial charge in [0.15, 0.2) is 0 Å². The summed E-state index contributed by atoms with van der Waals surface area (Å²) in [5.74, 6) is 0.134. The summed E-state index contributed by atoms with van der Waals surface area (Å²) in [6.07, 6.45) is 0.584. The molecule has 1 N–H and O–H groups in total. The standard InChI is InChI=1S/C22H25FN4O4S/c1-2-27-20-8-7-18(32(29,30)26-11-13-31-14-12-26)15-19(20)25-21(27)9-10-22(28)24-17-5-3-16(23)4-6-17/h3-8,15H,2,9-14H2,1H3,(H,24,28). The molecule has 32 heavy (non-hydrogen) atoms. The van der Waals surface area contributed by atoms with Crippen LogP contribution in [0, 0.1) is 5.82 Å². The third-order valence-corrected chi connectivity index (χ3v) is 7.32. The quantitative estimate of drug-likeness (QED) is 0.585. The summed E-state index contributed by atoms with van der Waals surface area (Å²) in [6.45, 7) is 4.05. The molecule has 1 saturated heterocycles. The first-order valence-corrected chi connectivity index (χ1v) is 11.9. The number of fused-ring (bicyclic) bond motifs is 1. The number of sulfonamides is 1. The van der Waals surface area contributed by atoms with Crippen molar-refractivity contribution < 1.29 is 22.3 Å². The average molecular weight is 461 g/mol. The second-order valence-corrected chi connectivity index (χ2v) is 9.43. The summed E-state index contributed by atoms with van der Waals surface area (Å²) in [5.41, 5.74) is 1.93. The zero-order chi connectivity index (χ0) is 22.7. The summed E-state index contributed by atoms with van der Waals surface area (Å²) in [5, 5.41) is 2.74. The molecule has 1 aliphatic heterocycles. The molecule has 0 radical (unpaired) electrons. The van der Waals surface area contributed by atoms with Crippen molar-refractivity contribution in [3.63, 3.8) is 0 Å². The maximum Gasteiger partial charge on any atom is 0.243 e. The van der Waals surface area contributed by atoms with Gasteiger partial charge in [-0.05, 0) is 49.4 Å². The highest BCUT2D eigenvalue weighted by Crippen LogP contribution is 2.24. The number of imidazole rings is 1. The summed E-state index contributed by atoms with van der Waals surface area (Å²) < 4.78 is 47.6. The lowest BCUT2D eigenvalue weighted by molar-refractivity contribution is -0.116. The Morgan fingerprint density at radius 2 is 1.88 bits per heavy atom. The SMILES string of the molecule is CCn1c(CCC(=O)Nc2ccc(F)cc2)nc2cc(S(=O)(=O)N3CCOCC3)ccc21. The number of hydrogen-bond donors (Lipinski definition) is 1. The third-order valence-electron chi connectivity index (χ3n) is 5.43. The van der Waals surface area contributed by atoms with Crippen molar-refractivity contribution in [1.82, 2.24) is 13.9 Å². The smallest absolute Gasteiger partial charge is 0.243 e. The van der Waals surface area contributed by atoms with E-state index in [9.17, 15) is 17.6 Å². The van der Waals surface area contributed by atoms with Crippen LogP contribution in [0.3, 0.4) is 0 Å². The van der Waals surface area contributed by atoms with E-state index in [1.807, 2.05) is 11.5 Å². The van der Waals surface area contributed by atoms with Crippen molar-refractivity contribution in [2.45, 2.75) is 31.2 Å². The van der Waals surface area contributed by atoms with Gasteiger partial charge in [0.2, 0.25) is 15.9 Å². The molecular weight excluding hydrogens is 435 g/mol. The first kappa shape index (κ1) is 22.4. The molecule has 1 amide bonds. The molecule has 170 valence electrons. The van der Waals surface area contributed by atoms with Crippen molar-refractivity contribution in [2.75, 3.05) is 31.6 Å². The number of amides is 1. The molecule has 1 aromatic heterocycles. The Kier molecular flexibility index (Phi) is 6.54. The number of ether oxygens (including phenoxy) is 1. The lowest BCUT2D eigenvalue weighted by Crippen LogP contribution is -2.40. The number of nitrogens with one attached hydrogen (secondary N) is 1. The van der Waals surface area contributed by atoms with E-state index in [-0.39, 0.29) is 23.0 Å². The number of aryl methyl sites for hydroxylation is 2. The van der Waals surface area contributed by atoms with Crippen LogP contribution in [0.1, 0.15) is 19.2 Å². The van der Waals surface area contributed by atoms with Gasteiger partial charge in [-0.2, -0.15) is 4.31 Å². The molecule has 10 heteroatoms. The molecular formula is C22H25FN4O4S. The number of hydrogen-bond acceptors (Lipinski definition) is 5. The number of nitrogens with zero attached hydrogens (tertiary/aromatic N) is 3. The number of morpholine rings is 1. The van der Waals surface area contributed by atoms with Crippen molar-refractivity contribution in [3.8, 4) is 0 Å². The largest absolute Gasteiger partial charge is 0.379 e. The second-order valence-electron chi connectivity index (χ2n) is 7.49. The molecule has 0 bridgehead atoms. The predicted octanol–water partition coefficient (Wildman–Crippen LogP) is 2.79. The van der Waals surface area contributed by atoms with E-state index in [2.05, 4.69) is 10.3 Å². The first-order chi connectivity index (χ1) is 15.4. The summed E-state index contributed by atoms with van der Waals surface area (Å²) in [7, 11) is -3.61. The number of aromatic nitrogens is 2. The van der Waals surface area contributed by atoms with Gasteiger partial charge in [-0.3, -0.25) is 4.79 Å². The summed E-state index contributed by atoms with van der Waals surface area (Å²) in [6, 6.07) is 10.5. The first-order valence-electron chi connectivity index (χ1n) is 10.5. The number of halogens is 1. The van der Waals surface area contributed by atoms with Gasteiger partial charge in [-0.15, -0.1) is 0 Å². The van der Waals surface area contributed by atoms with E-state index in [4.69, 9.17) is 4.74 Å². The molecule has 1 aliphatic rings. The molecule has 0 atom stereocenters. The molecule has 4 rings (SSSR count). The van der Waals surface area contributed by atoms with Crippen molar-refractivity contribution in [2.24, 2.45) is 0 Å². The number of anilines is 1. The maximum atomic E-state index is 13.0. The Hall–Kier alpha value is -2.82. The van der Waals surface area contributed by atoms with E-state index in [0.29, 0.717) is 56.3 Å². The van der Waals surface area contributed by atoms with Crippen LogP contribution in [-0.4, -0.2) is 54.5 Å². The number of benzene rings is 2. The molecule has 0 aliphatic carbocycles. The van der Waals surface area contributed by atoms with E-state index in [1.165, 1.54) is 28.6 Å². The fraction of sp³-hybridized carbons (Fsp3) is 0.364. The van der Waals surface area contributed by atoms with Crippen LogP contribution >= 0.6 is 0 Å². The van der Waals surface area contributed by atoms with E-state index < -0.39 is 10.0 Å². The van der Waals surface area contributed by atoms with Crippen LogP contribution in [0.4, 0.5) is 10.1 Å². The minimum Gasteiger partial charge on any atom is -0.379 e. The van der Waals surface area contributed by atoms with Crippen LogP contribution in [0.15, 0.2) is 47.4 Å². The van der Waals surface area contributed by atoms with Gasteiger partial charge in [-0.1, -0.05) is 0 Å². The van der Waals surface area contributed by atoms with Crippen molar-refractivity contribution >= 4 is 32.7 Å². The van der Waals surface area contributed by atoms with Crippen molar-refractivity contribution in [3.05, 3.63) is 54.1 Å². The molecule has 2 heterocycles. The fourth-order valence-corrected chi connectivity index (χ4v) is 5.21. The predicted molar refractivity (Wildman–Crippen MR) is 118 cm³/mol. The molecule has 0 saturated carbocycles. The normalized spacial score (nSPS) is 15.2. The van der Waals surface area contributed by atoms with Gasteiger partial charge in [-0.25, -0.2) is 17.8 Å². The number of carbonyl (C=O) groups excluding carboxylic acids is 1. The monoisotopic (exact) mass is 460 g/mol. The summed E-state index contributed by atoms with van der Waals surface area (Å²) >= 11 is 0. The molecule has 0 spiro atoms. The van der Waals surface area contributed by atoms with Gasteiger partial charge in [0.05, 0.1) is 29.1 Å².